The number of rotatable bonds is 8. The summed E-state index contributed by atoms with van der Waals surface area (Å²) in [6.45, 7) is 0.772. The van der Waals surface area contributed by atoms with Crippen LogP contribution in [-0.2, 0) is 9.47 Å². The lowest BCUT2D eigenvalue weighted by molar-refractivity contribution is -0.0114. The van der Waals surface area contributed by atoms with Gasteiger partial charge in [-0.25, -0.2) is 4.98 Å². The van der Waals surface area contributed by atoms with E-state index in [1.165, 1.54) is 0 Å². The largest absolute Gasteiger partial charge is 0.381 e. The standard InChI is InChI=1S/C25H35N7O3/c1-26-23-13-22(28-17-7-5-9-31(15-17)18-11-20(12-18)35-3)30-24-21(14-27-32(23)24)25(33)29-16-6-4-8-19(10-16)34-2/h5,7,9,13-14,16,18-20,26H,4,6,8,10-12,15H2,1-3H3,(H,28,30)(H,29,33)/t16?,18?,19-,20?/m0/s1. The third-order valence-corrected chi connectivity index (χ3v) is 7.36. The van der Waals surface area contributed by atoms with Crippen molar-refractivity contribution < 1.29 is 14.3 Å². The molecule has 3 aliphatic rings. The summed E-state index contributed by atoms with van der Waals surface area (Å²) in [5.41, 5.74) is 2.02. The maximum atomic E-state index is 13.2. The number of allylic oxidation sites excluding steroid dienone is 2. The summed E-state index contributed by atoms with van der Waals surface area (Å²) >= 11 is 0. The molecular formula is C25H35N7O3. The molecule has 3 heterocycles. The molecule has 10 heteroatoms. The smallest absolute Gasteiger partial charge is 0.256 e. The zero-order valence-electron chi connectivity index (χ0n) is 20.7. The zero-order chi connectivity index (χ0) is 24.4. The van der Waals surface area contributed by atoms with Crippen molar-refractivity contribution in [1.29, 1.82) is 0 Å². The number of ether oxygens (including phenoxy) is 2. The number of hydrogen-bond donors (Lipinski definition) is 3. The predicted octanol–water partition coefficient (Wildman–Crippen LogP) is 2.76. The van der Waals surface area contributed by atoms with Gasteiger partial charge in [0.05, 0.1) is 24.9 Å². The van der Waals surface area contributed by atoms with Crippen LogP contribution >= 0.6 is 0 Å². The molecule has 0 radical (unpaired) electrons. The maximum Gasteiger partial charge on any atom is 0.256 e. The van der Waals surface area contributed by atoms with Gasteiger partial charge in [-0.3, -0.25) is 4.79 Å². The molecular weight excluding hydrogens is 446 g/mol. The second-order valence-corrected chi connectivity index (χ2v) is 9.58. The maximum absolute atomic E-state index is 13.2. The van der Waals surface area contributed by atoms with Gasteiger partial charge >= 0.3 is 0 Å². The van der Waals surface area contributed by atoms with Gasteiger partial charge in [-0.05, 0) is 56.9 Å². The van der Waals surface area contributed by atoms with Gasteiger partial charge in [0.1, 0.15) is 17.2 Å². The van der Waals surface area contributed by atoms with Crippen LogP contribution in [0.2, 0.25) is 0 Å². The van der Waals surface area contributed by atoms with Gasteiger partial charge in [0.25, 0.3) is 5.91 Å². The Bertz CT molecular complexity index is 1120. The molecule has 2 aromatic rings. The first-order valence-corrected chi connectivity index (χ1v) is 12.4. The lowest BCUT2D eigenvalue weighted by Crippen LogP contribution is -2.47. The molecule has 1 aliphatic heterocycles. The van der Waals surface area contributed by atoms with Gasteiger partial charge in [-0.15, -0.1) is 0 Å². The van der Waals surface area contributed by atoms with Crippen LogP contribution in [0.1, 0.15) is 48.9 Å². The number of nitrogens with one attached hydrogen (secondary N) is 3. The number of carbonyl (C=O) groups is 1. The normalized spacial score (nSPS) is 26.3. The number of methoxy groups -OCH3 is 2. The molecule has 0 spiro atoms. The van der Waals surface area contributed by atoms with E-state index in [9.17, 15) is 4.79 Å². The molecule has 2 fully saturated rings. The molecule has 3 N–H and O–H groups in total. The van der Waals surface area contributed by atoms with Gasteiger partial charge in [0.15, 0.2) is 5.65 Å². The fourth-order valence-corrected chi connectivity index (χ4v) is 5.19. The number of nitrogens with zero attached hydrogens (tertiary/aromatic N) is 4. The Kier molecular flexibility index (Phi) is 6.92. The Morgan fingerprint density at radius 1 is 1.14 bits per heavy atom. The molecule has 2 aromatic heterocycles. The highest BCUT2D eigenvalue weighted by atomic mass is 16.5. The predicted molar refractivity (Wildman–Crippen MR) is 134 cm³/mol. The van der Waals surface area contributed by atoms with E-state index in [2.05, 4.69) is 44.3 Å². The van der Waals surface area contributed by atoms with Crippen molar-refractivity contribution in [2.75, 3.05) is 38.4 Å². The second kappa shape index (κ2) is 10.2. The minimum Gasteiger partial charge on any atom is -0.381 e. The van der Waals surface area contributed by atoms with Crippen LogP contribution in [0.5, 0.6) is 0 Å². The van der Waals surface area contributed by atoms with Crippen molar-refractivity contribution in [3.8, 4) is 0 Å². The fraction of sp³-hybridized carbons (Fsp3) is 0.560. The lowest BCUT2D eigenvalue weighted by Gasteiger charge is -2.42. The number of amides is 1. The van der Waals surface area contributed by atoms with Crippen molar-refractivity contribution >= 4 is 23.2 Å². The van der Waals surface area contributed by atoms with Crippen LogP contribution in [0.25, 0.3) is 5.65 Å². The molecule has 1 amide bonds. The minimum absolute atomic E-state index is 0.0932. The zero-order valence-corrected chi connectivity index (χ0v) is 20.7. The average molecular weight is 482 g/mol. The Hall–Kier alpha value is -3.11. The molecule has 2 atom stereocenters. The van der Waals surface area contributed by atoms with Gasteiger partial charge in [0.2, 0.25) is 0 Å². The van der Waals surface area contributed by atoms with Crippen LogP contribution in [-0.4, -0.2) is 77.5 Å². The Morgan fingerprint density at radius 3 is 2.74 bits per heavy atom. The van der Waals surface area contributed by atoms with Crippen molar-refractivity contribution in [1.82, 2.24) is 24.8 Å². The van der Waals surface area contributed by atoms with E-state index in [4.69, 9.17) is 14.5 Å². The van der Waals surface area contributed by atoms with Crippen LogP contribution < -0.4 is 16.0 Å². The molecule has 2 saturated carbocycles. The quantitative estimate of drug-likeness (QED) is 0.529. The van der Waals surface area contributed by atoms with Crippen LogP contribution in [0.15, 0.2) is 36.3 Å². The number of aromatic nitrogens is 3. The molecule has 1 unspecified atom stereocenters. The molecule has 35 heavy (non-hydrogen) atoms. The minimum atomic E-state index is -0.155. The van der Waals surface area contributed by atoms with Crippen molar-refractivity contribution in [3.63, 3.8) is 0 Å². The monoisotopic (exact) mass is 481 g/mol. The van der Waals surface area contributed by atoms with E-state index < -0.39 is 0 Å². The fourth-order valence-electron chi connectivity index (χ4n) is 5.19. The first-order valence-electron chi connectivity index (χ1n) is 12.4. The van der Waals surface area contributed by atoms with E-state index >= 15 is 0 Å². The summed E-state index contributed by atoms with van der Waals surface area (Å²) < 4.78 is 12.6. The Balaban J connectivity index is 1.32. The first-order chi connectivity index (χ1) is 17.1. The highest BCUT2D eigenvalue weighted by Gasteiger charge is 2.33. The van der Waals surface area contributed by atoms with E-state index in [1.54, 1.807) is 24.9 Å². The number of carbonyl (C=O) groups excluding carboxylic acids is 1. The SMILES string of the molecule is CNc1cc(NC2=CC=CN(C3CC(OC)C3)C2)nc2c(C(=O)NC3CCC[C@H](OC)C3)cnn12. The van der Waals surface area contributed by atoms with Gasteiger partial charge < -0.3 is 30.3 Å². The van der Waals surface area contributed by atoms with Crippen LogP contribution in [0.3, 0.4) is 0 Å². The molecule has 0 bridgehead atoms. The summed E-state index contributed by atoms with van der Waals surface area (Å²) in [7, 11) is 5.34. The highest BCUT2D eigenvalue weighted by molar-refractivity contribution is 6.00. The highest BCUT2D eigenvalue weighted by Crippen LogP contribution is 2.30. The number of fused-ring (bicyclic) bond motifs is 1. The van der Waals surface area contributed by atoms with Crippen molar-refractivity contribution in [2.24, 2.45) is 0 Å². The molecule has 0 saturated heterocycles. The summed E-state index contributed by atoms with van der Waals surface area (Å²) in [6, 6.07) is 2.49. The number of anilines is 2. The van der Waals surface area contributed by atoms with Crippen molar-refractivity contribution in [2.45, 2.75) is 62.8 Å². The third kappa shape index (κ3) is 4.99. The second-order valence-electron chi connectivity index (χ2n) is 9.58. The molecule has 0 aromatic carbocycles. The summed E-state index contributed by atoms with van der Waals surface area (Å²) in [5.74, 6) is 1.26. The topological polar surface area (TPSA) is 105 Å². The summed E-state index contributed by atoms with van der Waals surface area (Å²) in [5, 5.41) is 14.2. The van der Waals surface area contributed by atoms with E-state index in [0.29, 0.717) is 29.2 Å². The van der Waals surface area contributed by atoms with Gasteiger partial charge in [-0.1, -0.05) is 0 Å². The molecule has 188 valence electrons. The van der Waals surface area contributed by atoms with Crippen LogP contribution in [0.4, 0.5) is 11.6 Å². The summed E-state index contributed by atoms with van der Waals surface area (Å²) in [4.78, 5) is 20.3. The first kappa shape index (κ1) is 23.6. The van der Waals surface area contributed by atoms with Gasteiger partial charge in [0, 0.05) is 45.1 Å². The lowest BCUT2D eigenvalue weighted by atomic mass is 9.87. The van der Waals surface area contributed by atoms with Crippen LogP contribution in [0, 0.1) is 0 Å². The third-order valence-electron chi connectivity index (χ3n) is 7.36. The van der Waals surface area contributed by atoms with E-state index in [-0.39, 0.29) is 18.1 Å². The van der Waals surface area contributed by atoms with Crippen molar-refractivity contribution in [3.05, 3.63) is 41.9 Å². The average Bonchev–Trinajstić information content (AvgIpc) is 3.27. The molecule has 2 aliphatic carbocycles. The van der Waals surface area contributed by atoms with Gasteiger partial charge in [-0.2, -0.15) is 9.61 Å². The Labute approximate surface area is 205 Å². The van der Waals surface area contributed by atoms with E-state index in [1.807, 2.05) is 13.1 Å². The molecule has 5 rings (SSSR count). The molecule has 10 nitrogen and oxygen atoms in total. The summed E-state index contributed by atoms with van der Waals surface area (Å²) in [6.07, 6.45) is 14.4. The van der Waals surface area contributed by atoms with E-state index in [0.717, 1.165) is 56.6 Å². The number of hydrogen-bond acceptors (Lipinski definition) is 8. The Morgan fingerprint density at radius 2 is 1.97 bits per heavy atom.